The summed E-state index contributed by atoms with van der Waals surface area (Å²) in [5.74, 6) is 3.12. The van der Waals surface area contributed by atoms with Gasteiger partial charge in [-0.15, -0.1) is 0 Å². The van der Waals surface area contributed by atoms with Gasteiger partial charge in [-0.1, -0.05) is 43.8 Å². The van der Waals surface area contributed by atoms with Crippen LogP contribution in [-0.2, 0) is 25.6 Å². The first kappa shape index (κ1) is 41.2. The highest BCUT2D eigenvalue weighted by atomic mass is 32.2. The largest absolute Gasteiger partial charge is 0.508 e. The van der Waals surface area contributed by atoms with Crippen molar-refractivity contribution in [2.45, 2.75) is 146 Å². The molecule has 3 aliphatic carbocycles. The topological polar surface area (TPSA) is 170 Å². The highest BCUT2D eigenvalue weighted by molar-refractivity contribution is 8.00. The fraction of sp³-hybridized carbons (Fsp3) is 0.738. The van der Waals surface area contributed by atoms with Crippen LogP contribution in [-0.4, -0.2) is 83.9 Å². The summed E-state index contributed by atoms with van der Waals surface area (Å²) in [4.78, 5) is 53.9. The van der Waals surface area contributed by atoms with Gasteiger partial charge in [0.05, 0.1) is 17.8 Å². The van der Waals surface area contributed by atoms with Crippen molar-refractivity contribution in [2.75, 3.05) is 32.0 Å². The third-order valence-electron chi connectivity index (χ3n) is 13.1. The van der Waals surface area contributed by atoms with E-state index in [1.165, 1.54) is 11.1 Å². The van der Waals surface area contributed by atoms with Crippen LogP contribution < -0.4 is 26.6 Å². The number of rotatable bonds is 21. The summed E-state index contributed by atoms with van der Waals surface area (Å²) < 4.78 is 0. The first-order valence-electron chi connectivity index (χ1n) is 21.2. The predicted octanol–water partition coefficient (Wildman–Crippen LogP) is 5.82. The average molecular weight is 781 g/mol. The van der Waals surface area contributed by atoms with Crippen LogP contribution in [0.1, 0.15) is 133 Å². The van der Waals surface area contributed by atoms with Crippen molar-refractivity contribution < 1.29 is 29.1 Å². The first-order valence-corrected chi connectivity index (χ1v) is 22.3. The van der Waals surface area contributed by atoms with E-state index in [1.807, 2.05) is 23.9 Å². The first-order chi connectivity index (χ1) is 26.7. The van der Waals surface area contributed by atoms with Crippen LogP contribution in [0.4, 0.5) is 4.79 Å². The number of nitrogens with zero attached hydrogens (tertiary/aromatic N) is 1. The number of thioether (sulfide) groups is 1. The van der Waals surface area contributed by atoms with Gasteiger partial charge < -0.3 is 36.5 Å². The number of phenolic OH excluding ortho intramolecular Hbond substituents is 1. The molecule has 6 N–H and O–H groups in total. The van der Waals surface area contributed by atoms with Crippen molar-refractivity contribution in [2.24, 2.45) is 22.4 Å². The summed E-state index contributed by atoms with van der Waals surface area (Å²) in [5.41, 5.74) is 3.88. The lowest BCUT2D eigenvalue weighted by molar-refractivity contribution is -0.125. The van der Waals surface area contributed by atoms with Crippen LogP contribution in [0.2, 0.25) is 0 Å². The van der Waals surface area contributed by atoms with Crippen LogP contribution in [0, 0.1) is 17.3 Å². The maximum Gasteiger partial charge on any atom is 0.315 e. The Bertz CT molecular complexity index is 1520. The molecule has 55 heavy (non-hydrogen) atoms. The average Bonchev–Trinajstić information content (AvgIpc) is 3.84. The second-order valence-electron chi connectivity index (χ2n) is 16.7. The van der Waals surface area contributed by atoms with E-state index in [0.717, 1.165) is 114 Å². The highest BCUT2D eigenvalue weighted by Crippen LogP contribution is 2.60. The van der Waals surface area contributed by atoms with E-state index in [0.29, 0.717) is 61.2 Å². The molecule has 1 aromatic carbocycles. The van der Waals surface area contributed by atoms with Crippen molar-refractivity contribution in [3.8, 4) is 5.75 Å². The zero-order chi connectivity index (χ0) is 38.6. The van der Waals surface area contributed by atoms with E-state index < -0.39 is 0 Å². The maximum absolute atomic E-state index is 12.4. The Balaban J connectivity index is 0.714. The Morgan fingerprint density at radius 2 is 1.56 bits per heavy atom. The number of benzene rings is 1. The fourth-order valence-electron chi connectivity index (χ4n) is 10.1. The number of phenols is 1. The molecule has 7 atom stereocenters. The van der Waals surface area contributed by atoms with Gasteiger partial charge in [0, 0.05) is 48.9 Å². The molecule has 2 saturated heterocycles. The molecular weight excluding hydrogens is 717 g/mol. The van der Waals surface area contributed by atoms with Gasteiger partial charge in [0.15, 0.2) is 6.61 Å². The lowest BCUT2D eigenvalue weighted by atomic mass is 9.55. The third-order valence-corrected chi connectivity index (χ3v) is 14.6. The van der Waals surface area contributed by atoms with Crippen molar-refractivity contribution >= 4 is 41.2 Å². The molecule has 5 amide bonds. The summed E-state index contributed by atoms with van der Waals surface area (Å²) in [6.45, 7) is 4.21. The molecule has 2 saturated carbocycles. The Morgan fingerprint density at radius 3 is 2.31 bits per heavy atom. The summed E-state index contributed by atoms with van der Waals surface area (Å²) in [6, 6.07) is 6.34. The zero-order valence-corrected chi connectivity index (χ0v) is 33.6. The van der Waals surface area contributed by atoms with Gasteiger partial charge in [-0.05, 0) is 118 Å². The number of oxime groups is 1. The molecule has 6 rings (SSSR count). The number of fused-ring (bicyclic) bond motifs is 6. The summed E-state index contributed by atoms with van der Waals surface area (Å²) >= 11 is 1.91. The second-order valence-corrected chi connectivity index (χ2v) is 18.0. The minimum Gasteiger partial charge on any atom is -0.508 e. The number of urea groups is 1. The maximum atomic E-state index is 12.4. The molecule has 0 radical (unpaired) electrons. The van der Waals surface area contributed by atoms with Crippen molar-refractivity contribution in [1.82, 2.24) is 26.6 Å². The van der Waals surface area contributed by atoms with Gasteiger partial charge in [-0.2, -0.15) is 11.8 Å². The van der Waals surface area contributed by atoms with Gasteiger partial charge in [0.2, 0.25) is 11.8 Å². The molecule has 2 heterocycles. The van der Waals surface area contributed by atoms with Gasteiger partial charge >= 0.3 is 6.03 Å². The standard InChI is InChI=1S/C42H64N6O6S/c1-42-21-20-31-30-17-15-29(49)25-28(30)14-16-32(31)33(42)18-19-36(42)48-54-26-39(52)45-24-9-3-2-8-22-43-37(50)12-5-4-10-23-44-38(51)13-7-6-11-35-40-34(27-55-35)46-41(53)47-40/h15,17,25,31-35,40,49H,2-14,16,18-24,26-27H2,1H3,(H,43,50)(H,44,51)(H,45,52)(H2,46,47,53)/b48-36+/t31-,32-,33+,34+,35+,40+,42+/m1/s1. The molecule has 2 aliphatic heterocycles. The Morgan fingerprint density at radius 1 is 0.873 bits per heavy atom. The number of carbonyl (C=O) groups is 4. The zero-order valence-electron chi connectivity index (χ0n) is 32.8. The number of aryl methyl sites for hydroxylation is 1. The highest BCUT2D eigenvalue weighted by Gasteiger charge is 2.54. The van der Waals surface area contributed by atoms with E-state index in [-0.39, 0.29) is 47.9 Å². The quantitative estimate of drug-likeness (QED) is 0.0519. The molecule has 0 bridgehead atoms. The second kappa shape index (κ2) is 20.1. The Hall–Kier alpha value is -3.48. The van der Waals surface area contributed by atoms with E-state index in [9.17, 15) is 24.3 Å². The molecule has 0 spiro atoms. The Labute approximate surface area is 331 Å². The Kier molecular flexibility index (Phi) is 15.0. The van der Waals surface area contributed by atoms with Crippen molar-refractivity contribution in [3.63, 3.8) is 0 Å². The van der Waals surface area contributed by atoms with Crippen LogP contribution in [0.3, 0.4) is 0 Å². The molecule has 13 heteroatoms. The third kappa shape index (κ3) is 11.1. The molecule has 12 nitrogen and oxygen atoms in total. The van der Waals surface area contributed by atoms with Gasteiger partial charge in [-0.3, -0.25) is 14.4 Å². The minimum atomic E-state index is -0.141. The van der Waals surface area contributed by atoms with E-state index in [4.69, 9.17) is 4.84 Å². The monoisotopic (exact) mass is 780 g/mol. The molecule has 1 aromatic rings. The number of aromatic hydroxyl groups is 1. The van der Waals surface area contributed by atoms with Crippen LogP contribution in [0.15, 0.2) is 23.4 Å². The van der Waals surface area contributed by atoms with Crippen LogP contribution in [0.5, 0.6) is 5.75 Å². The molecule has 4 fully saturated rings. The lowest BCUT2D eigenvalue weighted by Crippen LogP contribution is -2.42. The number of hydrogen-bond acceptors (Lipinski definition) is 8. The van der Waals surface area contributed by atoms with Crippen molar-refractivity contribution in [1.29, 1.82) is 0 Å². The SMILES string of the molecule is C[C@]12CC[C@@H]3c4ccc(O)cc4CC[C@H]3[C@@H]1CC/C2=N\OCC(=O)NCCCCCCNC(=O)CCCCCNC(=O)CCCC[C@@H]1SC[C@@H]2NC(=O)N[C@@H]21. The van der Waals surface area contributed by atoms with E-state index in [1.54, 1.807) is 0 Å². The summed E-state index contributed by atoms with van der Waals surface area (Å²) in [5, 5.41) is 29.9. The molecular formula is C42H64N6O6S. The van der Waals surface area contributed by atoms with Gasteiger partial charge in [0.25, 0.3) is 5.91 Å². The summed E-state index contributed by atoms with van der Waals surface area (Å²) in [7, 11) is 0. The predicted molar refractivity (Wildman–Crippen MR) is 216 cm³/mol. The number of amides is 5. The minimum absolute atomic E-state index is 0.0309. The van der Waals surface area contributed by atoms with E-state index >= 15 is 0 Å². The molecule has 0 aromatic heterocycles. The summed E-state index contributed by atoms with van der Waals surface area (Å²) in [6.07, 6.45) is 16.7. The smallest absolute Gasteiger partial charge is 0.315 e. The lowest BCUT2D eigenvalue weighted by Gasteiger charge is -2.49. The fourth-order valence-corrected chi connectivity index (χ4v) is 11.6. The molecule has 5 aliphatic rings. The van der Waals surface area contributed by atoms with Gasteiger partial charge in [-0.25, -0.2) is 4.79 Å². The normalized spacial score (nSPS) is 28.3. The number of hydrogen-bond donors (Lipinski definition) is 6. The number of carbonyl (C=O) groups excluding carboxylic acids is 4. The number of nitrogens with one attached hydrogen (secondary N) is 5. The van der Waals surface area contributed by atoms with E-state index in [2.05, 4.69) is 44.7 Å². The molecule has 304 valence electrons. The van der Waals surface area contributed by atoms with Crippen LogP contribution in [0.25, 0.3) is 0 Å². The number of unbranched alkanes of at least 4 members (excludes halogenated alkanes) is 6. The van der Waals surface area contributed by atoms with Crippen LogP contribution >= 0.6 is 11.8 Å². The molecule has 0 unspecified atom stereocenters. The van der Waals surface area contributed by atoms with Gasteiger partial charge in [0.1, 0.15) is 5.75 Å². The van der Waals surface area contributed by atoms with Crippen molar-refractivity contribution in [3.05, 3.63) is 29.3 Å².